The predicted octanol–water partition coefficient (Wildman–Crippen LogP) is 8.41. The molecule has 0 saturated heterocycles. The zero-order chi connectivity index (χ0) is 25.3. The van der Waals surface area contributed by atoms with Crippen molar-refractivity contribution in [1.82, 2.24) is 4.98 Å². The second-order valence-electron chi connectivity index (χ2n) is 9.67. The minimum atomic E-state index is -0.679. The molecule has 1 amide bonds. The highest BCUT2D eigenvalue weighted by Crippen LogP contribution is 2.48. The lowest BCUT2D eigenvalue weighted by Gasteiger charge is -2.27. The molecule has 11 heteroatoms. The van der Waals surface area contributed by atoms with Crippen LogP contribution in [0.2, 0.25) is 5.15 Å². The van der Waals surface area contributed by atoms with Crippen LogP contribution in [0.4, 0.5) is 10.5 Å². The van der Waals surface area contributed by atoms with Gasteiger partial charge in [-0.15, -0.1) is 22.7 Å². The van der Waals surface area contributed by atoms with Gasteiger partial charge in [0.05, 0.1) is 32.8 Å². The first kappa shape index (κ1) is 26.3. The van der Waals surface area contributed by atoms with Gasteiger partial charge in [-0.2, -0.15) is 0 Å². The van der Waals surface area contributed by atoms with Gasteiger partial charge in [-0.1, -0.05) is 30.5 Å². The highest BCUT2D eigenvalue weighted by atomic mass is 79.9. The van der Waals surface area contributed by atoms with Gasteiger partial charge in [0.15, 0.2) is 0 Å². The van der Waals surface area contributed by atoms with E-state index < -0.39 is 17.7 Å². The molecule has 1 aliphatic rings. The molecule has 0 aliphatic heterocycles. The molecule has 0 spiro atoms. The van der Waals surface area contributed by atoms with Gasteiger partial charge in [-0.25, -0.2) is 9.78 Å². The third-order valence-corrected chi connectivity index (χ3v) is 9.40. The van der Waals surface area contributed by atoms with E-state index in [2.05, 4.69) is 20.9 Å². The number of aromatic nitrogens is 1. The van der Waals surface area contributed by atoms with E-state index in [1.807, 2.05) is 38.3 Å². The number of rotatable bonds is 5. The largest absolute Gasteiger partial charge is 0.443 e. The molecule has 3 aromatic heterocycles. The lowest BCUT2D eigenvalue weighted by Crippen LogP contribution is -2.36. The summed E-state index contributed by atoms with van der Waals surface area (Å²) in [4.78, 5) is 33.2. The maximum absolute atomic E-state index is 13.4. The normalized spacial score (nSPS) is 18.9. The third-order valence-electron chi connectivity index (χ3n) is 5.94. The monoisotopic (exact) mass is 599 g/mol. The molecule has 0 N–H and O–H groups in total. The Morgan fingerprint density at radius 1 is 1.34 bits per heavy atom. The molecule has 4 rings (SSSR count). The average Bonchev–Trinajstić information content (AvgIpc) is 3.31. The van der Waals surface area contributed by atoms with Crippen LogP contribution in [-0.2, 0) is 11.3 Å². The lowest BCUT2D eigenvalue weighted by atomic mass is 9.93. The summed E-state index contributed by atoms with van der Waals surface area (Å²) in [6.07, 6.45) is 3.60. The van der Waals surface area contributed by atoms with Gasteiger partial charge in [0.1, 0.15) is 10.8 Å². The summed E-state index contributed by atoms with van der Waals surface area (Å²) in [5.41, 5.74) is 0.519. The van der Waals surface area contributed by atoms with E-state index in [0.29, 0.717) is 24.2 Å². The molecule has 3 aromatic rings. The highest BCUT2D eigenvalue weighted by Gasteiger charge is 2.37. The number of anilines is 1. The summed E-state index contributed by atoms with van der Waals surface area (Å²) < 4.78 is 7.22. The lowest BCUT2D eigenvalue weighted by molar-refractivity contribution is -0.527. The van der Waals surface area contributed by atoms with Crippen LogP contribution in [0, 0.1) is 10.1 Å². The molecule has 7 nitrogen and oxygen atoms in total. The van der Waals surface area contributed by atoms with Crippen molar-refractivity contribution >= 4 is 72.2 Å². The van der Waals surface area contributed by atoms with Gasteiger partial charge in [-0.3, -0.25) is 15.0 Å². The Kier molecular flexibility index (Phi) is 8.05. The number of nitro groups is 1. The van der Waals surface area contributed by atoms with Crippen LogP contribution in [-0.4, -0.2) is 27.6 Å². The van der Waals surface area contributed by atoms with Crippen LogP contribution in [0.3, 0.4) is 0 Å². The third kappa shape index (κ3) is 5.98. The maximum Gasteiger partial charge on any atom is 0.415 e. The molecule has 0 radical (unpaired) electrons. The first-order valence-electron chi connectivity index (χ1n) is 11.5. The molecule has 35 heavy (non-hydrogen) atoms. The number of amides is 1. The number of fused-ring (bicyclic) bond motifs is 1. The van der Waals surface area contributed by atoms with E-state index in [1.54, 1.807) is 22.3 Å². The summed E-state index contributed by atoms with van der Waals surface area (Å²) in [6.45, 7) is 5.79. The van der Waals surface area contributed by atoms with Gasteiger partial charge in [0.25, 0.3) is 0 Å². The second-order valence-corrected chi connectivity index (χ2v) is 12.9. The van der Waals surface area contributed by atoms with Gasteiger partial charge < -0.3 is 4.74 Å². The van der Waals surface area contributed by atoms with Crippen LogP contribution in [0.25, 0.3) is 10.2 Å². The summed E-state index contributed by atoms with van der Waals surface area (Å²) in [7, 11) is 0. The molecule has 2 atom stereocenters. The van der Waals surface area contributed by atoms with Gasteiger partial charge in [0, 0.05) is 27.2 Å². The number of hydrogen-bond acceptors (Lipinski definition) is 7. The quantitative estimate of drug-likeness (QED) is 0.127. The van der Waals surface area contributed by atoms with E-state index in [4.69, 9.17) is 16.3 Å². The van der Waals surface area contributed by atoms with Crippen molar-refractivity contribution in [3.63, 3.8) is 0 Å². The molecular weight excluding hydrogens is 574 g/mol. The number of carbonyl (C=O) groups excluding carboxylic acids is 1. The fourth-order valence-electron chi connectivity index (χ4n) is 4.42. The first-order chi connectivity index (χ1) is 16.5. The molecule has 0 aromatic carbocycles. The fraction of sp³-hybridized carbons (Fsp3) is 0.500. The Labute approximate surface area is 225 Å². The van der Waals surface area contributed by atoms with E-state index in [1.165, 1.54) is 11.3 Å². The van der Waals surface area contributed by atoms with Gasteiger partial charge >= 0.3 is 6.09 Å². The fourth-order valence-corrected chi connectivity index (χ4v) is 7.61. The standard InChI is InChI=1S/C24H27BrClN3O4S2/c1-24(2,3)33-23(30)28(13-14-8-7-11-34-14)17-12-18(26)27-20-19(25)21(35-22(17)20)15-9-5-4-6-10-16(15)29(31)32/h7-8,11-12,15-16H,4-6,9-10,13H2,1-3H3. The summed E-state index contributed by atoms with van der Waals surface area (Å²) >= 11 is 13.1. The minimum absolute atomic E-state index is 0.141. The number of carbonyl (C=O) groups is 1. The Bertz CT molecular complexity index is 1230. The molecule has 1 saturated carbocycles. The van der Waals surface area contributed by atoms with Crippen molar-refractivity contribution in [3.05, 3.63) is 53.1 Å². The van der Waals surface area contributed by atoms with Crippen molar-refractivity contribution in [3.8, 4) is 0 Å². The van der Waals surface area contributed by atoms with Crippen LogP contribution < -0.4 is 4.90 Å². The Balaban J connectivity index is 1.85. The van der Waals surface area contributed by atoms with E-state index in [9.17, 15) is 14.9 Å². The second kappa shape index (κ2) is 10.7. The number of pyridine rings is 1. The van der Waals surface area contributed by atoms with Crippen molar-refractivity contribution in [2.24, 2.45) is 0 Å². The number of ether oxygens (including phenoxy) is 1. The zero-order valence-electron chi connectivity index (χ0n) is 19.8. The van der Waals surface area contributed by atoms with Crippen molar-refractivity contribution in [1.29, 1.82) is 0 Å². The molecule has 0 bridgehead atoms. The highest BCUT2D eigenvalue weighted by molar-refractivity contribution is 9.10. The molecule has 1 aliphatic carbocycles. The van der Waals surface area contributed by atoms with E-state index in [0.717, 1.165) is 44.6 Å². The van der Waals surface area contributed by atoms with Crippen LogP contribution in [0.15, 0.2) is 28.1 Å². The number of nitrogens with zero attached hydrogens (tertiary/aromatic N) is 3. The zero-order valence-corrected chi connectivity index (χ0v) is 23.7. The summed E-state index contributed by atoms with van der Waals surface area (Å²) in [5, 5.41) is 14.1. The first-order valence-corrected chi connectivity index (χ1v) is 14.4. The Hall–Kier alpha value is -1.75. The van der Waals surface area contributed by atoms with Crippen LogP contribution >= 0.6 is 50.2 Å². The van der Waals surface area contributed by atoms with Gasteiger partial charge in [-0.05, 0) is 61.0 Å². The molecular formula is C24H27BrClN3O4S2. The maximum atomic E-state index is 13.4. The molecule has 188 valence electrons. The SMILES string of the molecule is CC(C)(C)OC(=O)N(Cc1cccs1)c1cc(Cl)nc2c(Br)c(C3CCCCCC3[N+](=O)[O-])sc12. The molecule has 3 heterocycles. The molecule has 2 unspecified atom stereocenters. The topological polar surface area (TPSA) is 85.6 Å². The van der Waals surface area contributed by atoms with Gasteiger partial charge in [0.2, 0.25) is 6.04 Å². The van der Waals surface area contributed by atoms with Crippen molar-refractivity contribution in [2.75, 3.05) is 4.90 Å². The smallest absolute Gasteiger partial charge is 0.415 e. The minimum Gasteiger partial charge on any atom is -0.443 e. The number of halogens is 2. The van der Waals surface area contributed by atoms with Crippen LogP contribution in [0.5, 0.6) is 0 Å². The number of thiophene rings is 2. The molecule has 1 fully saturated rings. The summed E-state index contributed by atoms with van der Waals surface area (Å²) in [6, 6.07) is 4.93. The van der Waals surface area contributed by atoms with Crippen LogP contribution in [0.1, 0.15) is 68.5 Å². The Morgan fingerprint density at radius 2 is 2.09 bits per heavy atom. The van der Waals surface area contributed by atoms with E-state index >= 15 is 0 Å². The Morgan fingerprint density at radius 3 is 2.74 bits per heavy atom. The van der Waals surface area contributed by atoms with Crippen molar-refractivity contribution in [2.45, 2.75) is 77.0 Å². The summed E-state index contributed by atoms with van der Waals surface area (Å²) in [5.74, 6) is -0.222. The van der Waals surface area contributed by atoms with Crippen molar-refractivity contribution < 1.29 is 14.5 Å². The number of hydrogen-bond donors (Lipinski definition) is 0. The van der Waals surface area contributed by atoms with E-state index in [-0.39, 0.29) is 16.0 Å². The average molecular weight is 601 g/mol. The predicted molar refractivity (Wildman–Crippen MR) is 146 cm³/mol.